The van der Waals surface area contributed by atoms with Crippen LogP contribution >= 0.6 is 0 Å². The van der Waals surface area contributed by atoms with Gasteiger partial charge < -0.3 is 25.0 Å². The lowest BCUT2D eigenvalue weighted by molar-refractivity contribution is -0.144. The number of carbonyl (C=O) groups is 2. The molecule has 1 fully saturated rings. The lowest BCUT2D eigenvalue weighted by atomic mass is 9.99. The summed E-state index contributed by atoms with van der Waals surface area (Å²) in [4.78, 5) is 25.4. The van der Waals surface area contributed by atoms with Gasteiger partial charge in [-0.05, 0) is 27.2 Å². The van der Waals surface area contributed by atoms with E-state index >= 15 is 0 Å². The molecule has 8 heteroatoms. The van der Waals surface area contributed by atoms with E-state index < -0.39 is 23.2 Å². The van der Waals surface area contributed by atoms with Crippen molar-refractivity contribution in [2.45, 2.75) is 38.3 Å². The van der Waals surface area contributed by atoms with Crippen LogP contribution in [0.2, 0.25) is 0 Å². The number of carboxylic acid groups (broad SMARTS) is 1. The third kappa shape index (κ3) is 5.78. The topological polar surface area (TPSA) is 108 Å². The van der Waals surface area contributed by atoms with E-state index in [4.69, 9.17) is 14.6 Å². The Hall–Kier alpha value is -1.38. The van der Waals surface area contributed by atoms with Gasteiger partial charge in [-0.3, -0.25) is 4.90 Å². The lowest BCUT2D eigenvalue weighted by Gasteiger charge is -2.28. The number of aliphatic hydroxyl groups is 1. The SMILES string of the molecule is CC(C)(C)OC(=O)NC1(C(=O)O)CCN(CCOCCO)C1. The van der Waals surface area contributed by atoms with Crippen molar-refractivity contribution in [2.24, 2.45) is 0 Å². The molecule has 0 aromatic heterocycles. The third-order valence-electron chi connectivity index (χ3n) is 3.29. The number of carbonyl (C=O) groups excluding carboxylic acids is 1. The number of carboxylic acids is 1. The van der Waals surface area contributed by atoms with E-state index in [1.54, 1.807) is 20.8 Å². The van der Waals surface area contributed by atoms with Crippen LogP contribution in [0.3, 0.4) is 0 Å². The van der Waals surface area contributed by atoms with Crippen LogP contribution in [0.1, 0.15) is 27.2 Å². The van der Waals surface area contributed by atoms with Gasteiger partial charge in [0.05, 0.1) is 19.8 Å². The van der Waals surface area contributed by atoms with E-state index in [1.807, 2.05) is 4.90 Å². The third-order valence-corrected chi connectivity index (χ3v) is 3.29. The number of amides is 1. The van der Waals surface area contributed by atoms with Crippen molar-refractivity contribution in [1.29, 1.82) is 0 Å². The summed E-state index contributed by atoms with van der Waals surface area (Å²) in [5.41, 5.74) is -2.01. The fraction of sp³-hybridized carbons (Fsp3) is 0.857. The van der Waals surface area contributed by atoms with Crippen LogP contribution < -0.4 is 5.32 Å². The van der Waals surface area contributed by atoms with Gasteiger partial charge in [-0.15, -0.1) is 0 Å². The van der Waals surface area contributed by atoms with Crippen molar-refractivity contribution >= 4 is 12.1 Å². The molecule has 0 spiro atoms. The van der Waals surface area contributed by atoms with Gasteiger partial charge in [-0.2, -0.15) is 0 Å². The monoisotopic (exact) mass is 318 g/mol. The minimum absolute atomic E-state index is 0.0424. The van der Waals surface area contributed by atoms with E-state index in [9.17, 15) is 14.7 Å². The number of nitrogens with zero attached hydrogens (tertiary/aromatic N) is 1. The predicted octanol–water partition coefficient (Wildman–Crippen LogP) is 0.0491. The number of hydrogen-bond donors (Lipinski definition) is 3. The average Bonchev–Trinajstić information content (AvgIpc) is 2.77. The van der Waals surface area contributed by atoms with Crippen molar-refractivity contribution in [3.8, 4) is 0 Å². The summed E-state index contributed by atoms with van der Waals surface area (Å²) in [5, 5.41) is 20.6. The molecule has 1 rings (SSSR count). The van der Waals surface area contributed by atoms with Crippen molar-refractivity contribution in [3.05, 3.63) is 0 Å². The van der Waals surface area contributed by atoms with Gasteiger partial charge in [-0.1, -0.05) is 0 Å². The molecule has 1 aliphatic rings. The highest BCUT2D eigenvalue weighted by Gasteiger charge is 2.46. The summed E-state index contributed by atoms with van der Waals surface area (Å²) in [7, 11) is 0. The molecule has 1 saturated heterocycles. The molecule has 1 aliphatic heterocycles. The highest BCUT2D eigenvalue weighted by atomic mass is 16.6. The normalized spacial score (nSPS) is 22.5. The van der Waals surface area contributed by atoms with Crippen LogP contribution in [0.15, 0.2) is 0 Å². The Kier molecular flexibility index (Phi) is 6.58. The largest absolute Gasteiger partial charge is 0.479 e. The number of ether oxygens (including phenoxy) is 2. The Labute approximate surface area is 130 Å². The van der Waals surface area contributed by atoms with Crippen LogP contribution in [0.4, 0.5) is 4.79 Å². The maximum Gasteiger partial charge on any atom is 0.408 e. The molecule has 0 radical (unpaired) electrons. The van der Waals surface area contributed by atoms with Gasteiger partial charge in [0.1, 0.15) is 5.60 Å². The lowest BCUT2D eigenvalue weighted by Crippen LogP contribution is -2.57. The Bertz CT molecular complexity index is 395. The number of hydrogen-bond acceptors (Lipinski definition) is 6. The average molecular weight is 318 g/mol. The summed E-state index contributed by atoms with van der Waals surface area (Å²) in [6, 6.07) is 0. The fourth-order valence-electron chi connectivity index (χ4n) is 2.27. The molecule has 0 aromatic carbocycles. The van der Waals surface area contributed by atoms with Gasteiger partial charge >= 0.3 is 12.1 Å². The van der Waals surface area contributed by atoms with Crippen molar-refractivity contribution in [3.63, 3.8) is 0 Å². The number of rotatable bonds is 7. The molecular weight excluding hydrogens is 292 g/mol. The smallest absolute Gasteiger partial charge is 0.408 e. The second-order valence-electron chi connectivity index (χ2n) is 6.38. The second kappa shape index (κ2) is 7.75. The molecule has 0 saturated carbocycles. The van der Waals surface area contributed by atoms with E-state index in [0.29, 0.717) is 26.1 Å². The zero-order valence-corrected chi connectivity index (χ0v) is 13.4. The first-order chi connectivity index (χ1) is 10.2. The number of aliphatic carboxylic acids is 1. The van der Waals surface area contributed by atoms with Crippen molar-refractivity contribution in [2.75, 3.05) is 39.5 Å². The molecule has 1 atom stereocenters. The molecular formula is C14H26N2O6. The minimum Gasteiger partial charge on any atom is -0.479 e. The van der Waals surface area contributed by atoms with Gasteiger partial charge in [0, 0.05) is 19.6 Å². The Morgan fingerprint density at radius 3 is 2.55 bits per heavy atom. The Balaban J connectivity index is 2.55. The van der Waals surface area contributed by atoms with Gasteiger partial charge in [0.25, 0.3) is 0 Å². The van der Waals surface area contributed by atoms with Crippen LogP contribution in [0.25, 0.3) is 0 Å². The van der Waals surface area contributed by atoms with Gasteiger partial charge in [0.2, 0.25) is 0 Å². The highest BCUT2D eigenvalue weighted by molar-refractivity contribution is 5.85. The molecule has 3 N–H and O–H groups in total. The molecule has 128 valence electrons. The van der Waals surface area contributed by atoms with E-state index in [0.717, 1.165) is 0 Å². The molecule has 0 aliphatic carbocycles. The van der Waals surface area contributed by atoms with E-state index in [2.05, 4.69) is 5.32 Å². The molecule has 8 nitrogen and oxygen atoms in total. The van der Waals surface area contributed by atoms with Gasteiger partial charge in [0.15, 0.2) is 5.54 Å². The van der Waals surface area contributed by atoms with Gasteiger partial charge in [-0.25, -0.2) is 9.59 Å². The zero-order chi connectivity index (χ0) is 16.8. The Morgan fingerprint density at radius 2 is 2.00 bits per heavy atom. The molecule has 1 heterocycles. The first-order valence-electron chi connectivity index (χ1n) is 7.34. The number of likely N-dealkylation sites (tertiary alicyclic amines) is 1. The summed E-state index contributed by atoms with van der Waals surface area (Å²) in [6.45, 7) is 7.08. The Morgan fingerprint density at radius 1 is 1.32 bits per heavy atom. The van der Waals surface area contributed by atoms with Crippen molar-refractivity contribution < 1.29 is 29.3 Å². The fourth-order valence-corrected chi connectivity index (χ4v) is 2.27. The number of alkyl carbamates (subject to hydrolysis) is 1. The van der Waals surface area contributed by atoms with Crippen LogP contribution in [0.5, 0.6) is 0 Å². The first-order valence-corrected chi connectivity index (χ1v) is 7.34. The summed E-state index contributed by atoms with van der Waals surface area (Å²) in [6.07, 6.45) is -0.421. The first kappa shape index (κ1) is 18.7. The molecule has 1 unspecified atom stereocenters. The predicted molar refractivity (Wildman–Crippen MR) is 78.7 cm³/mol. The van der Waals surface area contributed by atoms with Crippen LogP contribution in [-0.4, -0.2) is 77.8 Å². The van der Waals surface area contributed by atoms with E-state index in [1.165, 1.54) is 0 Å². The second-order valence-corrected chi connectivity index (χ2v) is 6.38. The van der Waals surface area contributed by atoms with Crippen molar-refractivity contribution in [1.82, 2.24) is 10.2 Å². The zero-order valence-electron chi connectivity index (χ0n) is 13.4. The quantitative estimate of drug-likeness (QED) is 0.569. The standard InChI is InChI=1S/C14H26N2O6/c1-13(2,3)22-12(20)15-14(11(18)19)4-5-16(10-14)6-8-21-9-7-17/h17H,4-10H2,1-3H3,(H,15,20)(H,18,19). The molecule has 1 amide bonds. The maximum absolute atomic E-state index is 11.9. The summed E-state index contributed by atoms with van der Waals surface area (Å²) < 4.78 is 10.3. The van der Waals surface area contributed by atoms with Crippen LogP contribution in [0, 0.1) is 0 Å². The minimum atomic E-state index is -1.33. The highest BCUT2D eigenvalue weighted by Crippen LogP contribution is 2.22. The van der Waals surface area contributed by atoms with Crippen LogP contribution in [-0.2, 0) is 14.3 Å². The maximum atomic E-state index is 11.9. The molecule has 0 aromatic rings. The number of nitrogens with one attached hydrogen (secondary N) is 1. The summed E-state index contributed by atoms with van der Waals surface area (Å²) in [5.74, 6) is -1.07. The number of aliphatic hydroxyl groups excluding tert-OH is 1. The molecule has 22 heavy (non-hydrogen) atoms. The van der Waals surface area contributed by atoms with E-state index in [-0.39, 0.29) is 19.8 Å². The summed E-state index contributed by atoms with van der Waals surface area (Å²) >= 11 is 0. The molecule has 0 bridgehead atoms.